The highest BCUT2D eigenvalue weighted by Crippen LogP contribution is 2.26. The van der Waals surface area contributed by atoms with E-state index in [9.17, 15) is 10.1 Å². The Morgan fingerprint density at radius 1 is 1.44 bits per heavy atom. The van der Waals surface area contributed by atoms with Crippen molar-refractivity contribution in [2.75, 3.05) is 5.32 Å². The molecule has 0 bridgehead atoms. The summed E-state index contributed by atoms with van der Waals surface area (Å²) < 4.78 is 0. The highest BCUT2D eigenvalue weighted by atomic mass is 16.6. The van der Waals surface area contributed by atoms with Crippen molar-refractivity contribution in [3.8, 4) is 6.07 Å². The molecule has 1 aromatic heterocycles. The number of nitriles is 1. The Morgan fingerprint density at radius 2 is 2.17 bits per heavy atom. The molecule has 0 spiro atoms. The van der Waals surface area contributed by atoms with Gasteiger partial charge in [0, 0.05) is 13.1 Å². The smallest absolute Gasteiger partial charge is 0.292 e. The predicted molar refractivity (Wildman–Crippen MR) is 62.1 cm³/mol. The number of benzene rings is 1. The summed E-state index contributed by atoms with van der Waals surface area (Å²) in [7, 11) is 1.56. The molecule has 0 aliphatic carbocycles. The van der Waals surface area contributed by atoms with Gasteiger partial charge in [0.05, 0.1) is 4.92 Å². The van der Waals surface area contributed by atoms with Crippen LogP contribution in [0.3, 0.4) is 0 Å². The molecule has 0 saturated carbocycles. The van der Waals surface area contributed by atoms with E-state index in [0.29, 0.717) is 0 Å². The number of nitrogens with zero attached hydrogens (tertiary/aromatic N) is 5. The number of hydrogen-bond donors (Lipinski definition) is 1. The van der Waals surface area contributed by atoms with E-state index < -0.39 is 4.92 Å². The number of nitrogens with one attached hydrogen (secondary N) is 1. The lowest BCUT2D eigenvalue weighted by Gasteiger charge is -2.03. The average Bonchev–Trinajstić information content (AvgIpc) is 2.70. The van der Waals surface area contributed by atoms with Crippen molar-refractivity contribution in [3.63, 3.8) is 0 Å². The Hall–Kier alpha value is -2.95. The summed E-state index contributed by atoms with van der Waals surface area (Å²) in [5.41, 5.74) is 0.252. The summed E-state index contributed by atoms with van der Waals surface area (Å²) in [6.07, 6.45) is 0. The quantitative estimate of drug-likeness (QED) is 0.644. The van der Waals surface area contributed by atoms with E-state index in [1.165, 1.54) is 16.9 Å². The van der Waals surface area contributed by atoms with Crippen LogP contribution in [0.5, 0.6) is 0 Å². The zero-order valence-corrected chi connectivity index (χ0v) is 9.36. The molecule has 1 heterocycles. The van der Waals surface area contributed by atoms with Gasteiger partial charge >= 0.3 is 0 Å². The van der Waals surface area contributed by atoms with E-state index in [-0.39, 0.29) is 22.9 Å². The van der Waals surface area contributed by atoms with Crippen LogP contribution in [0.4, 0.5) is 17.2 Å². The number of para-hydroxylation sites is 2. The number of aromatic nitrogens is 3. The fraction of sp³-hybridized carbons (Fsp3) is 0.100. The summed E-state index contributed by atoms with van der Waals surface area (Å²) in [6, 6.07) is 7.97. The monoisotopic (exact) mass is 244 g/mol. The van der Waals surface area contributed by atoms with Crippen molar-refractivity contribution in [3.05, 3.63) is 40.1 Å². The van der Waals surface area contributed by atoms with Crippen molar-refractivity contribution >= 4 is 17.2 Å². The van der Waals surface area contributed by atoms with Crippen LogP contribution in [0.2, 0.25) is 0 Å². The third-order valence-electron chi connectivity index (χ3n) is 2.17. The Labute approximate surface area is 102 Å². The molecule has 0 fully saturated rings. The van der Waals surface area contributed by atoms with E-state index in [2.05, 4.69) is 15.5 Å². The van der Waals surface area contributed by atoms with Gasteiger partial charge in [0.1, 0.15) is 11.8 Å². The van der Waals surface area contributed by atoms with Gasteiger partial charge < -0.3 is 5.32 Å². The standard InChI is InChI=1S/C10H8N6O2/c1-15-13-8(6-11)10(14-15)12-7-4-2-3-5-9(7)16(17)18/h2-5H,1H3,(H,12,14). The molecule has 8 nitrogen and oxygen atoms in total. The highest BCUT2D eigenvalue weighted by Gasteiger charge is 2.16. The molecule has 8 heteroatoms. The van der Waals surface area contributed by atoms with Crippen molar-refractivity contribution in [1.82, 2.24) is 15.0 Å². The molecule has 1 aromatic carbocycles. The van der Waals surface area contributed by atoms with Gasteiger partial charge in [0.2, 0.25) is 5.69 Å². The topological polar surface area (TPSA) is 110 Å². The zero-order chi connectivity index (χ0) is 13.1. The maximum Gasteiger partial charge on any atom is 0.292 e. The van der Waals surface area contributed by atoms with Crippen LogP contribution in [-0.4, -0.2) is 19.9 Å². The summed E-state index contributed by atoms with van der Waals surface area (Å²) in [4.78, 5) is 11.5. The van der Waals surface area contributed by atoms with Crippen LogP contribution in [-0.2, 0) is 7.05 Å². The van der Waals surface area contributed by atoms with Crippen molar-refractivity contribution < 1.29 is 4.92 Å². The molecule has 1 N–H and O–H groups in total. The van der Waals surface area contributed by atoms with Gasteiger partial charge in [-0.3, -0.25) is 10.1 Å². The Balaban J connectivity index is 2.40. The zero-order valence-electron chi connectivity index (χ0n) is 9.36. The van der Waals surface area contributed by atoms with E-state index in [0.717, 1.165) is 0 Å². The molecule has 2 rings (SSSR count). The van der Waals surface area contributed by atoms with Crippen LogP contribution in [0, 0.1) is 21.4 Å². The Bertz CT molecular complexity index is 642. The molecule has 0 radical (unpaired) electrons. The third-order valence-corrected chi connectivity index (χ3v) is 2.17. The molecule has 0 unspecified atom stereocenters. The van der Waals surface area contributed by atoms with Crippen molar-refractivity contribution in [2.24, 2.45) is 7.05 Å². The lowest BCUT2D eigenvalue weighted by atomic mass is 10.2. The molecule has 0 atom stereocenters. The van der Waals surface area contributed by atoms with Gasteiger partial charge in [-0.05, 0) is 6.07 Å². The van der Waals surface area contributed by atoms with Gasteiger partial charge in [0.15, 0.2) is 5.82 Å². The van der Waals surface area contributed by atoms with Crippen LogP contribution >= 0.6 is 0 Å². The van der Waals surface area contributed by atoms with Crippen LogP contribution in [0.15, 0.2) is 24.3 Å². The Kier molecular flexibility index (Phi) is 2.89. The molecule has 18 heavy (non-hydrogen) atoms. The fourth-order valence-electron chi connectivity index (χ4n) is 1.43. The van der Waals surface area contributed by atoms with Crippen LogP contribution in [0.1, 0.15) is 5.69 Å². The van der Waals surface area contributed by atoms with Crippen molar-refractivity contribution in [2.45, 2.75) is 0 Å². The molecule has 0 aliphatic rings. The van der Waals surface area contributed by atoms with Gasteiger partial charge in [-0.25, -0.2) is 0 Å². The largest absolute Gasteiger partial charge is 0.331 e. The molecule has 0 amide bonds. The minimum atomic E-state index is -0.509. The van der Waals surface area contributed by atoms with Crippen LogP contribution < -0.4 is 5.32 Å². The van der Waals surface area contributed by atoms with Crippen LogP contribution in [0.25, 0.3) is 0 Å². The van der Waals surface area contributed by atoms with Crippen molar-refractivity contribution in [1.29, 1.82) is 5.26 Å². The van der Waals surface area contributed by atoms with Gasteiger partial charge in [0.25, 0.3) is 5.69 Å². The van der Waals surface area contributed by atoms with Gasteiger partial charge in [-0.1, -0.05) is 12.1 Å². The normalized spacial score (nSPS) is 9.78. The first-order valence-corrected chi connectivity index (χ1v) is 4.93. The summed E-state index contributed by atoms with van der Waals surface area (Å²) in [6.45, 7) is 0. The first-order chi connectivity index (χ1) is 8.61. The molecule has 90 valence electrons. The summed E-state index contributed by atoms with van der Waals surface area (Å²) in [5, 5.41) is 30.2. The Morgan fingerprint density at radius 3 is 2.83 bits per heavy atom. The SMILES string of the molecule is Cn1nc(C#N)c(Nc2ccccc2[N+](=O)[O-])n1. The number of nitro groups is 1. The van der Waals surface area contributed by atoms with Gasteiger partial charge in [-0.15, -0.1) is 10.2 Å². The molecule has 0 aliphatic heterocycles. The fourth-order valence-corrected chi connectivity index (χ4v) is 1.43. The molecular weight excluding hydrogens is 236 g/mol. The van der Waals surface area contributed by atoms with E-state index in [1.807, 2.05) is 6.07 Å². The second-order valence-corrected chi connectivity index (χ2v) is 3.40. The third kappa shape index (κ3) is 2.10. The lowest BCUT2D eigenvalue weighted by molar-refractivity contribution is -0.383. The summed E-state index contributed by atoms with van der Waals surface area (Å²) in [5.74, 6) is 0.189. The first kappa shape index (κ1) is 11.5. The molecule has 0 saturated heterocycles. The second kappa shape index (κ2) is 4.50. The van der Waals surface area contributed by atoms with E-state index >= 15 is 0 Å². The number of anilines is 2. The first-order valence-electron chi connectivity index (χ1n) is 4.93. The predicted octanol–water partition coefficient (Wildman–Crippen LogP) is 1.34. The lowest BCUT2D eigenvalue weighted by Crippen LogP contribution is -1.99. The molecular formula is C10H8N6O2. The molecule has 2 aromatic rings. The summed E-state index contributed by atoms with van der Waals surface area (Å²) >= 11 is 0. The number of aryl methyl sites for hydroxylation is 1. The van der Waals surface area contributed by atoms with E-state index in [4.69, 9.17) is 5.26 Å². The van der Waals surface area contributed by atoms with E-state index in [1.54, 1.807) is 19.2 Å². The number of nitro benzene ring substituents is 1. The average molecular weight is 244 g/mol. The maximum atomic E-state index is 10.8. The maximum absolute atomic E-state index is 10.8. The highest BCUT2D eigenvalue weighted by molar-refractivity contribution is 5.69. The number of rotatable bonds is 3. The number of hydrogen-bond acceptors (Lipinski definition) is 6. The minimum Gasteiger partial charge on any atom is -0.331 e. The minimum absolute atomic E-state index is 0.0793. The van der Waals surface area contributed by atoms with Gasteiger partial charge in [-0.2, -0.15) is 10.1 Å². The second-order valence-electron chi connectivity index (χ2n) is 3.40.